The number of nitrogens with zero attached hydrogens (tertiary/aromatic N) is 2. The number of hydrogen-bond donors (Lipinski definition) is 1. The Kier molecular flexibility index (Phi) is 4.41. The molecule has 0 amide bonds. The van der Waals surface area contributed by atoms with Gasteiger partial charge >= 0.3 is 0 Å². The molecule has 2 atom stereocenters. The third-order valence-electron chi connectivity index (χ3n) is 4.98. The lowest BCUT2D eigenvalue weighted by molar-refractivity contribution is 0.0286. The summed E-state index contributed by atoms with van der Waals surface area (Å²) in [5.41, 5.74) is 0.502. The van der Waals surface area contributed by atoms with Gasteiger partial charge in [0.15, 0.2) is 0 Å². The lowest BCUT2D eigenvalue weighted by atomic mass is 9.89. The van der Waals surface area contributed by atoms with E-state index in [1.54, 1.807) is 0 Å². The first-order chi connectivity index (χ1) is 9.67. The van der Waals surface area contributed by atoms with Gasteiger partial charge in [0.1, 0.15) is 0 Å². The van der Waals surface area contributed by atoms with Crippen LogP contribution in [0.1, 0.15) is 63.6 Å². The van der Waals surface area contributed by atoms with Gasteiger partial charge in [0.05, 0.1) is 17.3 Å². The molecule has 3 rings (SSSR count). The summed E-state index contributed by atoms with van der Waals surface area (Å²) in [7, 11) is 0. The molecule has 2 aliphatic rings. The molecule has 0 aromatic carbocycles. The highest BCUT2D eigenvalue weighted by atomic mass is 32.2. The quantitative estimate of drug-likeness (QED) is 0.926. The molecule has 1 saturated carbocycles. The summed E-state index contributed by atoms with van der Waals surface area (Å²) in [6, 6.07) is 2.70. The molecule has 1 aromatic rings. The van der Waals surface area contributed by atoms with E-state index in [4.69, 9.17) is 5.10 Å². The lowest BCUT2D eigenvalue weighted by Crippen LogP contribution is -2.43. The van der Waals surface area contributed by atoms with E-state index in [2.05, 4.69) is 23.9 Å². The normalized spacial score (nSPS) is 32.4. The number of aliphatic hydroxyl groups is 1. The molecule has 0 bridgehead atoms. The van der Waals surface area contributed by atoms with Gasteiger partial charge in [0.2, 0.25) is 0 Å². The van der Waals surface area contributed by atoms with Crippen LogP contribution in [0.4, 0.5) is 0 Å². The minimum atomic E-state index is -0.561. The van der Waals surface area contributed by atoms with Crippen LogP contribution in [-0.2, 0) is 6.42 Å². The van der Waals surface area contributed by atoms with Crippen molar-refractivity contribution in [2.45, 2.75) is 75.2 Å². The molecule has 3 nitrogen and oxygen atoms in total. The third kappa shape index (κ3) is 3.06. The molecule has 4 heteroatoms. The summed E-state index contributed by atoms with van der Waals surface area (Å²) in [4.78, 5) is 0. The number of thioether (sulfide) groups is 1. The Bertz CT molecular complexity index is 441. The average Bonchev–Trinajstić information content (AvgIpc) is 2.92. The Balaban J connectivity index is 1.67. The Morgan fingerprint density at radius 1 is 1.35 bits per heavy atom. The third-order valence-corrected chi connectivity index (χ3v) is 6.44. The molecule has 0 radical (unpaired) electrons. The summed E-state index contributed by atoms with van der Waals surface area (Å²) < 4.78 is 2.15. The summed E-state index contributed by atoms with van der Waals surface area (Å²) in [5.74, 6) is 1.18. The maximum absolute atomic E-state index is 10.8. The second-order valence-electron chi connectivity index (χ2n) is 6.48. The smallest absolute Gasteiger partial charge is 0.0819 e. The van der Waals surface area contributed by atoms with Crippen LogP contribution in [0.3, 0.4) is 0 Å². The van der Waals surface area contributed by atoms with Gasteiger partial charge in [0, 0.05) is 17.9 Å². The van der Waals surface area contributed by atoms with Gasteiger partial charge in [-0.1, -0.05) is 26.2 Å². The monoisotopic (exact) mass is 294 g/mol. The van der Waals surface area contributed by atoms with Crippen LogP contribution in [0.2, 0.25) is 0 Å². The molecule has 2 heterocycles. The Hall–Kier alpha value is -0.480. The average molecular weight is 294 g/mol. The molecular formula is C16H26N2OS. The first kappa shape index (κ1) is 14.5. The minimum Gasteiger partial charge on any atom is -0.388 e. The van der Waals surface area contributed by atoms with Gasteiger partial charge in [-0.2, -0.15) is 16.9 Å². The van der Waals surface area contributed by atoms with Gasteiger partial charge in [-0.3, -0.25) is 4.68 Å². The highest BCUT2D eigenvalue weighted by Gasteiger charge is 2.37. The summed E-state index contributed by atoms with van der Waals surface area (Å²) in [6.07, 6.45) is 11.4. The van der Waals surface area contributed by atoms with Crippen LogP contribution in [0, 0.1) is 0 Å². The Labute approximate surface area is 126 Å². The van der Waals surface area contributed by atoms with Crippen molar-refractivity contribution in [3.63, 3.8) is 0 Å². The van der Waals surface area contributed by atoms with Crippen LogP contribution in [-0.4, -0.2) is 31.5 Å². The fourth-order valence-corrected chi connectivity index (χ4v) is 4.74. The van der Waals surface area contributed by atoms with Gasteiger partial charge < -0.3 is 5.11 Å². The lowest BCUT2D eigenvalue weighted by Gasteiger charge is -2.37. The highest BCUT2D eigenvalue weighted by Crippen LogP contribution is 2.36. The van der Waals surface area contributed by atoms with E-state index in [1.807, 2.05) is 11.8 Å². The van der Waals surface area contributed by atoms with Crippen LogP contribution in [0.25, 0.3) is 0 Å². The zero-order valence-corrected chi connectivity index (χ0v) is 13.2. The Morgan fingerprint density at radius 3 is 2.90 bits per heavy atom. The maximum atomic E-state index is 10.8. The van der Waals surface area contributed by atoms with Gasteiger partial charge in [0.25, 0.3) is 0 Å². The second kappa shape index (κ2) is 6.10. The summed E-state index contributed by atoms with van der Waals surface area (Å²) in [5, 5.41) is 15.9. The maximum Gasteiger partial charge on any atom is 0.0819 e. The molecule has 112 valence electrons. The number of hydrogen-bond acceptors (Lipinski definition) is 3. The Morgan fingerprint density at radius 2 is 2.15 bits per heavy atom. The highest BCUT2D eigenvalue weighted by molar-refractivity contribution is 8.00. The van der Waals surface area contributed by atoms with Crippen LogP contribution in [0.5, 0.6) is 0 Å². The molecule has 1 aliphatic carbocycles. The zero-order chi connectivity index (χ0) is 14.0. The van der Waals surface area contributed by atoms with E-state index in [0.717, 1.165) is 18.5 Å². The first-order valence-electron chi connectivity index (χ1n) is 8.05. The van der Waals surface area contributed by atoms with Crippen molar-refractivity contribution in [3.8, 4) is 0 Å². The van der Waals surface area contributed by atoms with Crippen molar-refractivity contribution in [1.82, 2.24) is 9.78 Å². The zero-order valence-electron chi connectivity index (χ0n) is 12.4. The number of rotatable bonds is 3. The van der Waals surface area contributed by atoms with Crippen molar-refractivity contribution in [2.75, 3.05) is 5.75 Å². The fourth-order valence-electron chi connectivity index (χ4n) is 3.56. The molecule has 1 N–H and O–H groups in total. The van der Waals surface area contributed by atoms with E-state index in [1.165, 1.54) is 37.9 Å². The summed E-state index contributed by atoms with van der Waals surface area (Å²) >= 11 is 1.89. The van der Waals surface area contributed by atoms with E-state index in [0.29, 0.717) is 17.7 Å². The predicted octanol–water partition coefficient (Wildman–Crippen LogP) is 3.58. The van der Waals surface area contributed by atoms with E-state index in [9.17, 15) is 5.11 Å². The molecule has 20 heavy (non-hydrogen) atoms. The topological polar surface area (TPSA) is 38.0 Å². The molecule has 1 aliphatic heterocycles. The molecule has 0 spiro atoms. The predicted molar refractivity (Wildman–Crippen MR) is 84.2 cm³/mol. The molecule has 2 unspecified atom stereocenters. The standard InChI is InChI=1S/C16H26N2OS/c1-13-16(19,9-5-11-20-13)12-14-8-10-18(17-14)15-6-3-2-4-7-15/h8,10,13,15,19H,2-7,9,11-12H2,1H3. The van der Waals surface area contributed by atoms with Gasteiger partial charge in [-0.25, -0.2) is 0 Å². The first-order valence-corrected chi connectivity index (χ1v) is 9.10. The van der Waals surface area contributed by atoms with E-state index >= 15 is 0 Å². The summed E-state index contributed by atoms with van der Waals surface area (Å²) in [6.45, 7) is 2.15. The van der Waals surface area contributed by atoms with E-state index < -0.39 is 5.60 Å². The van der Waals surface area contributed by atoms with Crippen molar-refractivity contribution in [2.24, 2.45) is 0 Å². The molecule has 1 saturated heterocycles. The van der Waals surface area contributed by atoms with Gasteiger partial charge in [-0.15, -0.1) is 0 Å². The minimum absolute atomic E-state index is 0.316. The van der Waals surface area contributed by atoms with Crippen LogP contribution >= 0.6 is 11.8 Å². The van der Waals surface area contributed by atoms with Crippen molar-refractivity contribution in [3.05, 3.63) is 18.0 Å². The SMILES string of the molecule is CC1SCCCC1(O)Cc1ccn(C2CCCCC2)n1. The van der Waals surface area contributed by atoms with E-state index in [-0.39, 0.29) is 0 Å². The molecular weight excluding hydrogens is 268 g/mol. The van der Waals surface area contributed by atoms with Crippen LogP contribution in [0.15, 0.2) is 12.3 Å². The molecule has 1 aromatic heterocycles. The largest absolute Gasteiger partial charge is 0.388 e. The number of aromatic nitrogens is 2. The second-order valence-corrected chi connectivity index (χ2v) is 7.92. The van der Waals surface area contributed by atoms with Crippen molar-refractivity contribution < 1.29 is 5.11 Å². The van der Waals surface area contributed by atoms with Crippen LogP contribution < -0.4 is 0 Å². The fraction of sp³-hybridized carbons (Fsp3) is 0.812. The van der Waals surface area contributed by atoms with Crippen molar-refractivity contribution in [1.29, 1.82) is 0 Å². The van der Waals surface area contributed by atoms with Crippen molar-refractivity contribution >= 4 is 11.8 Å². The van der Waals surface area contributed by atoms with Gasteiger partial charge in [-0.05, 0) is 37.5 Å². The molecule has 2 fully saturated rings.